The lowest BCUT2D eigenvalue weighted by Crippen LogP contribution is -2.22. The van der Waals surface area contributed by atoms with E-state index in [9.17, 15) is 9.90 Å². The number of carbonyl (C=O) groups is 1. The molecule has 0 radical (unpaired) electrons. The highest BCUT2D eigenvalue weighted by atomic mass is 35.5. The summed E-state index contributed by atoms with van der Waals surface area (Å²) < 4.78 is 0. The molecule has 2 rings (SSSR count). The van der Waals surface area contributed by atoms with Crippen LogP contribution in [0, 0.1) is 0 Å². The number of halogens is 1. The molecule has 1 saturated heterocycles. The molecule has 1 aromatic carbocycles. The molecule has 0 saturated carbocycles. The average Bonchev–Trinajstić information content (AvgIpc) is 2.57. The molecule has 1 unspecified atom stereocenters. The summed E-state index contributed by atoms with van der Waals surface area (Å²) in [6.45, 7) is 0.309. The van der Waals surface area contributed by atoms with Crippen molar-refractivity contribution in [1.82, 2.24) is 10.6 Å². The van der Waals surface area contributed by atoms with E-state index < -0.39 is 0 Å². The van der Waals surface area contributed by atoms with Crippen molar-refractivity contribution in [2.45, 2.75) is 6.17 Å². The number of rotatable bonds is 1. The average molecular weight is 213 g/mol. The van der Waals surface area contributed by atoms with Crippen LogP contribution in [-0.4, -0.2) is 17.6 Å². The smallest absolute Gasteiger partial charge is 0.235 e. The minimum absolute atomic E-state index is 0.0414. The second-order valence-electron chi connectivity index (χ2n) is 3.09. The van der Waals surface area contributed by atoms with E-state index in [0.29, 0.717) is 6.54 Å². The summed E-state index contributed by atoms with van der Waals surface area (Å²) in [7, 11) is 0. The lowest BCUT2D eigenvalue weighted by molar-refractivity contribution is -0.118. The van der Waals surface area contributed by atoms with Crippen molar-refractivity contribution in [3.05, 3.63) is 28.8 Å². The Labute approximate surface area is 85.9 Å². The minimum Gasteiger partial charge on any atom is -0.506 e. The van der Waals surface area contributed by atoms with Crippen molar-refractivity contribution < 1.29 is 9.90 Å². The number of hydrogen-bond donors (Lipinski definition) is 3. The van der Waals surface area contributed by atoms with Crippen molar-refractivity contribution in [3.8, 4) is 5.75 Å². The number of hydrogen-bond acceptors (Lipinski definition) is 3. The summed E-state index contributed by atoms with van der Waals surface area (Å²) in [5, 5.41) is 15.2. The first-order chi connectivity index (χ1) is 6.66. The van der Waals surface area contributed by atoms with E-state index in [1.165, 1.54) is 6.07 Å². The zero-order valence-electron chi connectivity index (χ0n) is 7.25. The van der Waals surface area contributed by atoms with Crippen LogP contribution >= 0.6 is 11.6 Å². The monoisotopic (exact) mass is 212 g/mol. The molecule has 4 nitrogen and oxygen atoms in total. The van der Waals surface area contributed by atoms with Crippen LogP contribution in [-0.2, 0) is 4.79 Å². The Kier molecular flexibility index (Phi) is 2.31. The summed E-state index contributed by atoms with van der Waals surface area (Å²) in [5.41, 5.74) is 0.832. The van der Waals surface area contributed by atoms with Crippen LogP contribution in [0.3, 0.4) is 0 Å². The van der Waals surface area contributed by atoms with Crippen molar-refractivity contribution in [1.29, 1.82) is 0 Å². The van der Waals surface area contributed by atoms with Gasteiger partial charge in [-0.05, 0) is 17.7 Å². The van der Waals surface area contributed by atoms with Gasteiger partial charge in [-0.15, -0.1) is 0 Å². The van der Waals surface area contributed by atoms with Gasteiger partial charge in [0.05, 0.1) is 11.6 Å². The zero-order chi connectivity index (χ0) is 10.1. The Hall–Kier alpha value is -1.26. The van der Waals surface area contributed by atoms with E-state index >= 15 is 0 Å². The molecular weight excluding hydrogens is 204 g/mol. The van der Waals surface area contributed by atoms with Gasteiger partial charge in [-0.1, -0.05) is 17.7 Å². The minimum atomic E-state index is -0.208. The molecule has 1 aromatic rings. The van der Waals surface area contributed by atoms with Crippen LogP contribution < -0.4 is 10.6 Å². The molecule has 5 heteroatoms. The van der Waals surface area contributed by atoms with E-state index in [4.69, 9.17) is 11.6 Å². The molecule has 0 bridgehead atoms. The maximum absolute atomic E-state index is 10.9. The van der Waals surface area contributed by atoms with Gasteiger partial charge in [0.15, 0.2) is 0 Å². The van der Waals surface area contributed by atoms with Gasteiger partial charge in [-0.25, -0.2) is 0 Å². The van der Waals surface area contributed by atoms with Crippen molar-refractivity contribution >= 4 is 17.5 Å². The molecule has 0 aromatic heterocycles. The zero-order valence-corrected chi connectivity index (χ0v) is 8.01. The second-order valence-corrected chi connectivity index (χ2v) is 3.50. The summed E-state index contributed by atoms with van der Waals surface area (Å²) in [5.74, 6) is -0.000984. The topological polar surface area (TPSA) is 61.4 Å². The highest BCUT2D eigenvalue weighted by molar-refractivity contribution is 6.32. The first kappa shape index (κ1) is 9.30. The molecule has 3 N–H and O–H groups in total. The highest BCUT2D eigenvalue weighted by Gasteiger charge is 2.21. The number of carbonyl (C=O) groups excluding carboxylic acids is 1. The predicted molar refractivity (Wildman–Crippen MR) is 52.0 cm³/mol. The lowest BCUT2D eigenvalue weighted by Gasteiger charge is -2.11. The Balaban J connectivity index is 2.24. The van der Waals surface area contributed by atoms with Gasteiger partial charge in [0, 0.05) is 0 Å². The van der Waals surface area contributed by atoms with Crippen LogP contribution in [0.25, 0.3) is 0 Å². The molecule has 1 aliphatic heterocycles. The predicted octanol–water partition coefficient (Wildman–Crippen LogP) is 0.764. The lowest BCUT2D eigenvalue weighted by atomic mass is 10.2. The van der Waals surface area contributed by atoms with Crippen molar-refractivity contribution in [2.24, 2.45) is 0 Å². The van der Waals surface area contributed by atoms with Gasteiger partial charge in [-0.3, -0.25) is 10.1 Å². The Morgan fingerprint density at radius 2 is 2.29 bits per heavy atom. The third-order valence-corrected chi connectivity index (χ3v) is 2.38. The number of benzene rings is 1. The molecule has 14 heavy (non-hydrogen) atoms. The fraction of sp³-hybridized carbons (Fsp3) is 0.222. The maximum Gasteiger partial charge on any atom is 0.235 e. The molecule has 1 amide bonds. The largest absolute Gasteiger partial charge is 0.506 e. The first-order valence-electron chi connectivity index (χ1n) is 4.18. The summed E-state index contributed by atoms with van der Waals surface area (Å²) in [6, 6.07) is 4.84. The Morgan fingerprint density at radius 3 is 2.86 bits per heavy atom. The number of phenolic OH excluding ortho intramolecular Hbond substituents is 1. The number of aromatic hydroxyl groups is 1. The van der Waals surface area contributed by atoms with E-state index in [-0.39, 0.29) is 22.8 Å². The Morgan fingerprint density at radius 1 is 1.50 bits per heavy atom. The molecule has 0 aliphatic carbocycles. The number of amides is 1. The maximum atomic E-state index is 10.9. The van der Waals surface area contributed by atoms with Crippen molar-refractivity contribution in [3.63, 3.8) is 0 Å². The van der Waals surface area contributed by atoms with E-state index in [1.807, 2.05) is 0 Å². The van der Waals surface area contributed by atoms with E-state index in [2.05, 4.69) is 10.6 Å². The molecular formula is C9H9ClN2O2. The number of phenols is 1. The van der Waals surface area contributed by atoms with Gasteiger partial charge in [-0.2, -0.15) is 0 Å². The Bertz CT molecular complexity index is 381. The summed E-state index contributed by atoms with van der Waals surface area (Å²) in [6.07, 6.45) is -0.208. The standard InChI is InChI=1S/C9H9ClN2O2/c10-6-3-5(1-2-7(6)13)9-11-4-8(14)12-9/h1-3,9,11,13H,4H2,(H,12,14). The molecule has 0 spiro atoms. The van der Waals surface area contributed by atoms with Crippen LogP contribution in [0.4, 0.5) is 0 Å². The van der Waals surface area contributed by atoms with Gasteiger partial charge in [0.25, 0.3) is 0 Å². The van der Waals surface area contributed by atoms with Crippen LogP contribution in [0.1, 0.15) is 11.7 Å². The van der Waals surface area contributed by atoms with Crippen LogP contribution in [0.2, 0.25) is 5.02 Å². The molecule has 1 fully saturated rings. The van der Waals surface area contributed by atoms with E-state index in [0.717, 1.165) is 5.56 Å². The molecule has 1 heterocycles. The highest BCUT2D eigenvalue weighted by Crippen LogP contribution is 2.26. The van der Waals surface area contributed by atoms with Crippen LogP contribution in [0.15, 0.2) is 18.2 Å². The fourth-order valence-electron chi connectivity index (χ4n) is 1.36. The SMILES string of the molecule is O=C1CNC(c2ccc(O)c(Cl)c2)N1. The number of nitrogens with one attached hydrogen (secondary N) is 2. The fourth-order valence-corrected chi connectivity index (χ4v) is 1.55. The summed E-state index contributed by atoms with van der Waals surface area (Å²) in [4.78, 5) is 10.9. The first-order valence-corrected chi connectivity index (χ1v) is 4.56. The quantitative estimate of drug-likeness (QED) is 0.644. The van der Waals surface area contributed by atoms with Crippen molar-refractivity contribution in [2.75, 3.05) is 6.54 Å². The molecule has 1 atom stereocenters. The summed E-state index contributed by atoms with van der Waals surface area (Å²) >= 11 is 5.74. The van der Waals surface area contributed by atoms with Gasteiger partial charge < -0.3 is 10.4 Å². The van der Waals surface area contributed by atoms with Gasteiger partial charge in [0.2, 0.25) is 5.91 Å². The molecule has 1 aliphatic rings. The normalized spacial score (nSPS) is 20.9. The van der Waals surface area contributed by atoms with Gasteiger partial charge in [0.1, 0.15) is 11.9 Å². The van der Waals surface area contributed by atoms with E-state index in [1.54, 1.807) is 12.1 Å². The molecule has 74 valence electrons. The third kappa shape index (κ3) is 1.66. The third-order valence-electron chi connectivity index (χ3n) is 2.08. The van der Waals surface area contributed by atoms with Gasteiger partial charge >= 0.3 is 0 Å². The van der Waals surface area contributed by atoms with Crippen LogP contribution in [0.5, 0.6) is 5.75 Å². The second kappa shape index (κ2) is 3.48.